The number of hydrogen-bond donors (Lipinski definition) is 3. The standard InChI is InChI=1S/C17H25N3O4/c1-4-23-13-9-17(19,16(13,2)3)15(22)20-11-5-7-12(8-6-11)24-10-14(18)21/h5-8,13H,4,9-10,19H2,1-3H3,(H2,18,21)(H,20,22). The number of hydrogen-bond acceptors (Lipinski definition) is 5. The van der Waals surface area contributed by atoms with Gasteiger partial charge in [-0.2, -0.15) is 0 Å². The van der Waals surface area contributed by atoms with Crippen LogP contribution in [0.5, 0.6) is 5.75 Å². The highest BCUT2D eigenvalue weighted by atomic mass is 16.5. The molecule has 5 N–H and O–H groups in total. The van der Waals surface area contributed by atoms with Crippen LogP contribution in [0.15, 0.2) is 24.3 Å². The Labute approximate surface area is 141 Å². The van der Waals surface area contributed by atoms with E-state index in [0.717, 1.165) is 0 Å². The van der Waals surface area contributed by atoms with Crippen LogP contribution in [0.4, 0.5) is 5.69 Å². The molecule has 1 saturated carbocycles. The maximum Gasteiger partial charge on any atom is 0.255 e. The molecular formula is C17H25N3O4. The number of carbonyl (C=O) groups excluding carboxylic acids is 2. The first kappa shape index (κ1) is 18.2. The van der Waals surface area contributed by atoms with Gasteiger partial charge in [-0.1, -0.05) is 13.8 Å². The zero-order valence-corrected chi connectivity index (χ0v) is 14.3. The minimum atomic E-state index is -0.978. The molecular weight excluding hydrogens is 310 g/mol. The number of nitrogens with one attached hydrogen (secondary N) is 1. The van der Waals surface area contributed by atoms with Crippen molar-refractivity contribution in [1.82, 2.24) is 0 Å². The predicted octanol–water partition coefficient (Wildman–Crippen LogP) is 1.02. The first-order valence-electron chi connectivity index (χ1n) is 7.94. The number of benzene rings is 1. The summed E-state index contributed by atoms with van der Waals surface area (Å²) >= 11 is 0. The number of carbonyl (C=O) groups is 2. The zero-order valence-electron chi connectivity index (χ0n) is 14.3. The molecule has 2 amide bonds. The molecule has 0 spiro atoms. The van der Waals surface area contributed by atoms with Gasteiger partial charge in [0, 0.05) is 24.1 Å². The van der Waals surface area contributed by atoms with Gasteiger partial charge in [-0.25, -0.2) is 0 Å². The van der Waals surface area contributed by atoms with E-state index >= 15 is 0 Å². The maximum atomic E-state index is 12.6. The largest absolute Gasteiger partial charge is 0.484 e. The third-order valence-electron chi connectivity index (χ3n) is 4.73. The fraction of sp³-hybridized carbons (Fsp3) is 0.529. The number of amides is 2. The molecule has 1 aliphatic carbocycles. The summed E-state index contributed by atoms with van der Waals surface area (Å²) in [6.07, 6.45) is 0.460. The van der Waals surface area contributed by atoms with Crippen molar-refractivity contribution in [3.8, 4) is 5.75 Å². The highest BCUT2D eigenvalue weighted by Crippen LogP contribution is 2.50. The van der Waals surface area contributed by atoms with Crippen LogP contribution >= 0.6 is 0 Å². The summed E-state index contributed by atoms with van der Waals surface area (Å²) < 4.78 is 10.8. The molecule has 0 saturated heterocycles. The minimum absolute atomic E-state index is 0.0252. The van der Waals surface area contributed by atoms with Crippen molar-refractivity contribution in [2.24, 2.45) is 16.9 Å². The van der Waals surface area contributed by atoms with E-state index in [-0.39, 0.29) is 18.6 Å². The molecule has 2 rings (SSSR count). The quantitative estimate of drug-likeness (QED) is 0.688. The average molecular weight is 335 g/mol. The van der Waals surface area contributed by atoms with Gasteiger partial charge in [0.25, 0.3) is 5.91 Å². The maximum absolute atomic E-state index is 12.6. The van der Waals surface area contributed by atoms with Crippen LogP contribution < -0.4 is 21.5 Å². The normalized spacial score (nSPS) is 24.8. The first-order chi connectivity index (χ1) is 11.2. The topological polar surface area (TPSA) is 117 Å². The molecule has 0 aliphatic heterocycles. The van der Waals surface area contributed by atoms with Crippen molar-refractivity contribution in [3.63, 3.8) is 0 Å². The Bertz CT molecular complexity index is 615. The number of ether oxygens (including phenoxy) is 2. The van der Waals surface area contributed by atoms with Gasteiger partial charge in [0.15, 0.2) is 6.61 Å². The lowest BCUT2D eigenvalue weighted by atomic mass is 9.54. The molecule has 0 radical (unpaired) electrons. The third kappa shape index (κ3) is 3.37. The van der Waals surface area contributed by atoms with E-state index in [4.69, 9.17) is 20.9 Å². The fourth-order valence-electron chi connectivity index (χ4n) is 2.85. The van der Waals surface area contributed by atoms with Crippen LogP contribution in [-0.4, -0.2) is 36.7 Å². The van der Waals surface area contributed by atoms with Gasteiger partial charge in [0.05, 0.1) is 6.10 Å². The van der Waals surface area contributed by atoms with Crippen LogP contribution in [0.2, 0.25) is 0 Å². The molecule has 2 unspecified atom stereocenters. The van der Waals surface area contributed by atoms with Crippen LogP contribution in [0.3, 0.4) is 0 Å². The van der Waals surface area contributed by atoms with Crippen LogP contribution in [0.1, 0.15) is 27.2 Å². The molecule has 0 aromatic heterocycles. The Balaban J connectivity index is 1.98. The molecule has 7 nitrogen and oxygen atoms in total. The highest BCUT2D eigenvalue weighted by molar-refractivity contribution is 5.99. The SMILES string of the molecule is CCOC1CC(N)(C(=O)Nc2ccc(OCC(N)=O)cc2)C1(C)C. The molecule has 1 aromatic rings. The van der Waals surface area contributed by atoms with E-state index in [9.17, 15) is 9.59 Å². The van der Waals surface area contributed by atoms with Crippen LogP contribution in [-0.2, 0) is 14.3 Å². The van der Waals surface area contributed by atoms with E-state index in [1.165, 1.54) is 0 Å². The molecule has 7 heteroatoms. The Morgan fingerprint density at radius 1 is 1.29 bits per heavy atom. The molecule has 1 aliphatic rings. The molecule has 1 aromatic carbocycles. The van der Waals surface area contributed by atoms with Gasteiger partial charge < -0.3 is 26.3 Å². The van der Waals surface area contributed by atoms with Crippen molar-refractivity contribution in [3.05, 3.63) is 24.3 Å². The summed E-state index contributed by atoms with van der Waals surface area (Å²) in [6, 6.07) is 6.67. The summed E-state index contributed by atoms with van der Waals surface area (Å²) in [6.45, 7) is 6.21. The average Bonchev–Trinajstić information content (AvgIpc) is 2.53. The monoisotopic (exact) mass is 335 g/mol. The van der Waals surface area contributed by atoms with Crippen molar-refractivity contribution < 1.29 is 19.1 Å². The minimum Gasteiger partial charge on any atom is -0.484 e. The molecule has 1 fully saturated rings. The fourth-order valence-corrected chi connectivity index (χ4v) is 2.85. The van der Waals surface area contributed by atoms with Gasteiger partial charge in [-0.15, -0.1) is 0 Å². The van der Waals surface area contributed by atoms with Gasteiger partial charge in [0.1, 0.15) is 11.3 Å². The van der Waals surface area contributed by atoms with Crippen molar-refractivity contribution in [2.75, 3.05) is 18.5 Å². The second-order valence-corrected chi connectivity index (χ2v) is 6.57. The van der Waals surface area contributed by atoms with Gasteiger partial charge in [-0.05, 0) is 31.2 Å². The second-order valence-electron chi connectivity index (χ2n) is 6.57. The highest BCUT2D eigenvalue weighted by Gasteiger charge is 2.62. The van der Waals surface area contributed by atoms with Gasteiger partial charge >= 0.3 is 0 Å². The molecule has 132 valence electrons. The van der Waals surface area contributed by atoms with Crippen LogP contribution in [0, 0.1) is 5.41 Å². The summed E-state index contributed by atoms with van der Waals surface area (Å²) in [5.41, 5.74) is 10.5. The number of anilines is 1. The van der Waals surface area contributed by atoms with E-state index < -0.39 is 16.9 Å². The number of primary amides is 1. The Hall–Kier alpha value is -2.12. The molecule has 0 heterocycles. The first-order valence-corrected chi connectivity index (χ1v) is 7.94. The van der Waals surface area contributed by atoms with E-state index in [1.807, 2.05) is 20.8 Å². The Morgan fingerprint density at radius 3 is 2.42 bits per heavy atom. The van der Waals surface area contributed by atoms with Crippen LogP contribution in [0.25, 0.3) is 0 Å². The van der Waals surface area contributed by atoms with Gasteiger partial charge in [-0.3, -0.25) is 9.59 Å². The predicted molar refractivity (Wildman–Crippen MR) is 90.5 cm³/mol. The summed E-state index contributed by atoms with van der Waals surface area (Å²) in [5, 5.41) is 2.83. The smallest absolute Gasteiger partial charge is 0.255 e. The summed E-state index contributed by atoms with van der Waals surface area (Å²) in [5.74, 6) is -0.294. The Morgan fingerprint density at radius 2 is 1.92 bits per heavy atom. The summed E-state index contributed by atoms with van der Waals surface area (Å²) in [7, 11) is 0. The second kappa shape index (κ2) is 6.78. The Kier molecular flexibility index (Phi) is 5.15. The number of rotatable bonds is 7. The van der Waals surface area contributed by atoms with E-state index in [2.05, 4.69) is 5.32 Å². The third-order valence-corrected chi connectivity index (χ3v) is 4.73. The molecule has 0 bridgehead atoms. The van der Waals surface area contributed by atoms with Crippen molar-refractivity contribution in [2.45, 2.75) is 38.8 Å². The van der Waals surface area contributed by atoms with Crippen molar-refractivity contribution in [1.29, 1.82) is 0 Å². The molecule has 2 atom stereocenters. The lowest BCUT2D eigenvalue weighted by Crippen LogP contribution is -2.74. The van der Waals surface area contributed by atoms with E-state index in [0.29, 0.717) is 24.5 Å². The number of nitrogens with two attached hydrogens (primary N) is 2. The molecule has 24 heavy (non-hydrogen) atoms. The lowest BCUT2D eigenvalue weighted by molar-refractivity contribution is -0.166. The van der Waals surface area contributed by atoms with Crippen molar-refractivity contribution >= 4 is 17.5 Å². The lowest BCUT2D eigenvalue weighted by Gasteiger charge is -2.57. The summed E-state index contributed by atoms with van der Waals surface area (Å²) in [4.78, 5) is 23.3. The van der Waals surface area contributed by atoms with Gasteiger partial charge in [0.2, 0.25) is 5.91 Å². The zero-order chi connectivity index (χ0) is 18.0. The van der Waals surface area contributed by atoms with E-state index in [1.54, 1.807) is 24.3 Å².